The Bertz CT molecular complexity index is 708. The summed E-state index contributed by atoms with van der Waals surface area (Å²) in [4.78, 5) is 22.2. The molecular formula is C12H7ClN2O4. The van der Waals surface area contributed by atoms with E-state index < -0.39 is 5.97 Å². The fourth-order valence-corrected chi connectivity index (χ4v) is 2.25. The van der Waals surface area contributed by atoms with Crippen molar-refractivity contribution in [2.45, 2.75) is 6.42 Å². The molecule has 1 aliphatic heterocycles. The number of halogens is 1. The predicted molar refractivity (Wildman–Crippen MR) is 66.2 cm³/mol. The van der Waals surface area contributed by atoms with Gasteiger partial charge in [0.05, 0.1) is 12.1 Å². The molecule has 0 aliphatic carbocycles. The monoisotopic (exact) mass is 278 g/mol. The minimum atomic E-state index is -1.21. The third-order valence-electron chi connectivity index (χ3n) is 2.80. The molecular weight excluding hydrogens is 272 g/mol. The number of amides is 1. The largest absolute Gasteiger partial charge is 0.475 e. The molecule has 3 rings (SSSR count). The Balaban J connectivity index is 2.15. The maximum absolute atomic E-state index is 11.4. The molecule has 96 valence electrons. The second-order valence-electron chi connectivity index (χ2n) is 4.09. The molecule has 1 aliphatic rings. The number of carboxylic acid groups (broad SMARTS) is 1. The lowest BCUT2D eigenvalue weighted by molar-refractivity contribution is -0.115. The van der Waals surface area contributed by atoms with Gasteiger partial charge in [-0.25, -0.2) is 4.79 Å². The van der Waals surface area contributed by atoms with E-state index in [-0.39, 0.29) is 18.1 Å². The molecule has 1 aromatic heterocycles. The number of hydrogen-bond acceptors (Lipinski definition) is 4. The van der Waals surface area contributed by atoms with Crippen molar-refractivity contribution >= 4 is 29.2 Å². The van der Waals surface area contributed by atoms with E-state index in [1.54, 1.807) is 12.1 Å². The number of fused-ring (bicyclic) bond motifs is 1. The predicted octanol–water partition coefficient (Wildman–Crippen LogP) is 2.19. The van der Waals surface area contributed by atoms with Crippen LogP contribution in [0.5, 0.6) is 0 Å². The average Bonchev–Trinajstić information content (AvgIpc) is 2.93. The number of hydrogen-bond donors (Lipinski definition) is 2. The van der Waals surface area contributed by atoms with Gasteiger partial charge >= 0.3 is 5.97 Å². The van der Waals surface area contributed by atoms with Gasteiger partial charge in [0.15, 0.2) is 0 Å². The topological polar surface area (TPSA) is 92.4 Å². The van der Waals surface area contributed by atoms with Crippen molar-refractivity contribution in [1.29, 1.82) is 0 Å². The van der Waals surface area contributed by atoms with Gasteiger partial charge < -0.3 is 14.9 Å². The van der Waals surface area contributed by atoms with Crippen molar-refractivity contribution in [2.24, 2.45) is 0 Å². The van der Waals surface area contributed by atoms with Crippen LogP contribution in [0.25, 0.3) is 11.3 Å². The molecule has 0 bridgehead atoms. The summed E-state index contributed by atoms with van der Waals surface area (Å²) in [6.07, 6.45) is 0.243. The first-order valence-corrected chi connectivity index (χ1v) is 5.75. The molecule has 2 N–H and O–H groups in total. The lowest BCUT2D eigenvalue weighted by Crippen LogP contribution is -2.04. The van der Waals surface area contributed by atoms with Gasteiger partial charge in [0.1, 0.15) is 5.69 Å². The van der Waals surface area contributed by atoms with Crippen molar-refractivity contribution < 1.29 is 19.2 Å². The summed E-state index contributed by atoms with van der Waals surface area (Å²) in [6, 6.07) is 4.59. The molecule has 0 saturated heterocycles. The number of anilines is 1. The molecule has 0 saturated carbocycles. The molecule has 0 unspecified atom stereocenters. The van der Waals surface area contributed by atoms with E-state index in [1.807, 2.05) is 0 Å². The van der Waals surface area contributed by atoms with Gasteiger partial charge in [-0.1, -0.05) is 16.8 Å². The molecule has 7 heteroatoms. The molecule has 0 atom stereocenters. The van der Waals surface area contributed by atoms with E-state index in [1.165, 1.54) is 6.07 Å². The van der Waals surface area contributed by atoms with Crippen LogP contribution in [-0.4, -0.2) is 22.1 Å². The first-order valence-electron chi connectivity index (χ1n) is 5.37. The zero-order chi connectivity index (χ0) is 13.6. The number of carbonyl (C=O) groups excluding carboxylic acids is 1. The number of benzene rings is 1. The van der Waals surface area contributed by atoms with Crippen molar-refractivity contribution in [3.05, 3.63) is 34.5 Å². The highest BCUT2D eigenvalue weighted by Crippen LogP contribution is 2.37. The van der Waals surface area contributed by atoms with Gasteiger partial charge in [-0.05, 0) is 17.7 Å². The third kappa shape index (κ3) is 1.96. The van der Waals surface area contributed by atoms with Gasteiger partial charge in [0, 0.05) is 16.7 Å². The molecule has 2 heterocycles. The van der Waals surface area contributed by atoms with Crippen LogP contribution in [-0.2, 0) is 11.2 Å². The number of aromatic nitrogens is 1. The van der Waals surface area contributed by atoms with E-state index >= 15 is 0 Å². The Morgan fingerprint density at radius 3 is 2.89 bits per heavy atom. The fourth-order valence-electron chi connectivity index (χ4n) is 2.01. The molecule has 1 aromatic carbocycles. The molecule has 19 heavy (non-hydrogen) atoms. The normalized spacial score (nSPS) is 13.2. The summed E-state index contributed by atoms with van der Waals surface area (Å²) in [7, 11) is 0. The smallest absolute Gasteiger partial charge is 0.374 e. The highest BCUT2D eigenvalue weighted by Gasteiger charge is 2.24. The van der Waals surface area contributed by atoms with Gasteiger partial charge in [-0.15, -0.1) is 0 Å². The number of carbonyl (C=O) groups is 2. The first kappa shape index (κ1) is 11.7. The van der Waals surface area contributed by atoms with Crippen molar-refractivity contribution in [1.82, 2.24) is 5.16 Å². The summed E-state index contributed by atoms with van der Waals surface area (Å²) in [6.45, 7) is 0. The highest BCUT2D eigenvalue weighted by molar-refractivity contribution is 6.31. The zero-order valence-electron chi connectivity index (χ0n) is 9.44. The van der Waals surface area contributed by atoms with Gasteiger partial charge in [-0.3, -0.25) is 4.79 Å². The Kier molecular flexibility index (Phi) is 2.53. The highest BCUT2D eigenvalue weighted by atomic mass is 35.5. The van der Waals surface area contributed by atoms with Crippen LogP contribution in [0, 0.1) is 0 Å². The summed E-state index contributed by atoms with van der Waals surface area (Å²) in [5, 5.41) is 15.6. The fraction of sp³-hybridized carbons (Fsp3) is 0.0833. The van der Waals surface area contributed by atoms with E-state index in [4.69, 9.17) is 21.2 Å². The standard InChI is InChI=1S/C12H7ClN2O4/c13-6-1-5-2-10(16)14-11(5)7(3-6)8-4-9(12(17)18)19-15-8/h1,3-4H,2H2,(H,14,16)(H,17,18). The first-order chi connectivity index (χ1) is 9.04. The summed E-state index contributed by atoms with van der Waals surface area (Å²) < 4.78 is 4.70. The summed E-state index contributed by atoms with van der Waals surface area (Å²) in [5.74, 6) is -1.62. The summed E-state index contributed by atoms with van der Waals surface area (Å²) in [5.41, 5.74) is 2.22. The van der Waals surface area contributed by atoms with Gasteiger partial charge in [0.25, 0.3) is 0 Å². The van der Waals surface area contributed by atoms with E-state index in [0.29, 0.717) is 22.0 Å². The van der Waals surface area contributed by atoms with Gasteiger partial charge in [-0.2, -0.15) is 0 Å². The Morgan fingerprint density at radius 2 is 2.21 bits per heavy atom. The van der Waals surface area contributed by atoms with Crippen LogP contribution >= 0.6 is 11.6 Å². The van der Waals surface area contributed by atoms with Crippen LogP contribution in [0.15, 0.2) is 22.7 Å². The van der Waals surface area contributed by atoms with E-state index in [0.717, 1.165) is 5.56 Å². The molecule has 0 radical (unpaired) electrons. The Morgan fingerprint density at radius 1 is 1.42 bits per heavy atom. The average molecular weight is 279 g/mol. The minimum Gasteiger partial charge on any atom is -0.475 e. The minimum absolute atomic E-state index is 0.138. The SMILES string of the molecule is O=C1Cc2cc(Cl)cc(-c3cc(C(=O)O)on3)c2N1. The molecule has 2 aromatic rings. The van der Waals surface area contributed by atoms with Crippen molar-refractivity contribution in [3.8, 4) is 11.3 Å². The van der Waals surface area contributed by atoms with Crippen LogP contribution in [0.1, 0.15) is 16.1 Å². The van der Waals surface area contributed by atoms with Crippen molar-refractivity contribution in [3.63, 3.8) is 0 Å². The van der Waals surface area contributed by atoms with Crippen LogP contribution in [0.3, 0.4) is 0 Å². The second-order valence-corrected chi connectivity index (χ2v) is 4.53. The molecule has 0 fully saturated rings. The second kappa shape index (κ2) is 4.10. The number of aromatic carboxylic acids is 1. The summed E-state index contributed by atoms with van der Waals surface area (Å²) >= 11 is 5.98. The van der Waals surface area contributed by atoms with Crippen LogP contribution < -0.4 is 5.32 Å². The van der Waals surface area contributed by atoms with E-state index in [2.05, 4.69) is 10.5 Å². The quantitative estimate of drug-likeness (QED) is 0.878. The van der Waals surface area contributed by atoms with Crippen molar-refractivity contribution in [2.75, 3.05) is 5.32 Å². The number of nitrogens with one attached hydrogen (secondary N) is 1. The van der Waals surface area contributed by atoms with Crippen LogP contribution in [0.2, 0.25) is 5.02 Å². The lowest BCUT2D eigenvalue weighted by Gasteiger charge is -2.05. The molecule has 6 nitrogen and oxygen atoms in total. The molecule has 1 amide bonds. The zero-order valence-corrected chi connectivity index (χ0v) is 10.2. The lowest BCUT2D eigenvalue weighted by atomic mass is 10.0. The van der Waals surface area contributed by atoms with Crippen LogP contribution in [0.4, 0.5) is 5.69 Å². The Hall–Kier alpha value is -2.34. The van der Waals surface area contributed by atoms with Gasteiger partial charge in [0.2, 0.25) is 11.7 Å². The maximum Gasteiger partial charge on any atom is 0.374 e. The number of carboxylic acids is 1. The van der Waals surface area contributed by atoms with E-state index in [9.17, 15) is 9.59 Å². The number of rotatable bonds is 2. The molecule has 0 spiro atoms. The number of nitrogens with zero attached hydrogens (tertiary/aromatic N) is 1. The Labute approximate surface area is 112 Å². The maximum atomic E-state index is 11.4. The third-order valence-corrected chi connectivity index (χ3v) is 3.02.